The molecule has 8 heteroatoms. The molecule has 0 aromatic heterocycles. The number of nitrogens with zero attached hydrogens (tertiary/aromatic N) is 2. The first kappa shape index (κ1) is 26.2. The van der Waals surface area contributed by atoms with Crippen LogP contribution in [0.25, 0.3) is 0 Å². The van der Waals surface area contributed by atoms with Crippen LogP contribution in [0.4, 0.5) is 0 Å². The van der Waals surface area contributed by atoms with Gasteiger partial charge in [0.05, 0.1) is 11.9 Å². The van der Waals surface area contributed by atoms with Gasteiger partial charge < -0.3 is 20.2 Å². The minimum absolute atomic E-state index is 0.116. The second-order valence-electron chi connectivity index (χ2n) is 9.95. The summed E-state index contributed by atoms with van der Waals surface area (Å²) in [5, 5.41) is 14.1. The van der Waals surface area contributed by atoms with Gasteiger partial charge in [-0.25, -0.2) is 0 Å². The van der Waals surface area contributed by atoms with Gasteiger partial charge in [-0.1, -0.05) is 68.4 Å². The third-order valence-corrected chi connectivity index (χ3v) is 8.98. The van der Waals surface area contributed by atoms with E-state index in [0.29, 0.717) is 25.3 Å². The van der Waals surface area contributed by atoms with Crippen LogP contribution >= 0.6 is 11.8 Å². The number of rotatable bonds is 9. The van der Waals surface area contributed by atoms with E-state index in [-0.39, 0.29) is 17.7 Å². The number of hydrogen-bond donors (Lipinski definition) is 2. The second-order valence-corrected chi connectivity index (χ2v) is 11.3. The molecular weight excluding hydrogens is 474 g/mol. The fourth-order valence-corrected chi connectivity index (χ4v) is 6.25. The number of likely N-dealkylation sites (tertiary alicyclic amines) is 1. The van der Waals surface area contributed by atoms with Crippen molar-refractivity contribution >= 4 is 29.5 Å². The molecule has 0 aliphatic carbocycles. The van der Waals surface area contributed by atoms with E-state index in [2.05, 4.69) is 5.32 Å². The van der Waals surface area contributed by atoms with Crippen molar-refractivity contribution in [2.75, 3.05) is 5.88 Å². The Kier molecular flexibility index (Phi) is 7.76. The molecule has 192 valence electrons. The fraction of sp³-hybridized carbons (Fsp3) is 0.464. The Bertz CT molecular complexity index is 1130. The van der Waals surface area contributed by atoms with Gasteiger partial charge in [-0.15, -0.1) is 11.8 Å². The molecule has 3 amide bonds. The molecule has 0 spiro atoms. The quantitative estimate of drug-likeness (QED) is 0.507. The predicted molar refractivity (Wildman–Crippen MR) is 141 cm³/mol. The van der Waals surface area contributed by atoms with Crippen LogP contribution in [0, 0.1) is 12.8 Å². The zero-order chi connectivity index (χ0) is 26.0. The van der Waals surface area contributed by atoms with Gasteiger partial charge in [-0.3, -0.25) is 14.4 Å². The first-order valence-electron chi connectivity index (χ1n) is 12.5. The van der Waals surface area contributed by atoms with E-state index in [1.807, 2.05) is 87.2 Å². The standard InChI is InChI=1S/C28H35N3O4S/c1-5-18(2)25(33)29-22(15-20-12-7-6-8-13-20)23(32)26(34)30-17-36-28(4)24(30)27(35)31(28)16-21-14-10-9-11-19(21)3/h6-14,18,22-24,32H,5,15-17H2,1-4H3,(H,29,33)/t18?,22-,23-,24+,28?/m0/s1. The van der Waals surface area contributed by atoms with Crippen molar-refractivity contribution in [3.63, 3.8) is 0 Å². The summed E-state index contributed by atoms with van der Waals surface area (Å²) < 4.78 is 0. The highest BCUT2D eigenvalue weighted by Gasteiger charge is 2.65. The molecule has 2 unspecified atom stereocenters. The first-order valence-corrected chi connectivity index (χ1v) is 13.5. The Balaban J connectivity index is 1.50. The van der Waals surface area contributed by atoms with Gasteiger partial charge in [0.2, 0.25) is 11.8 Å². The summed E-state index contributed by atoms with van der Waals surface area (Å²) >= 11 is 1.54. The average Bonchev–Trinajstić information content (AvgIpc) is 3.20. The summed E-state index contributed by atoms with van der Waals surface area (Å²) in [7, 11) is 0. The van der Waals surface area contributed by atoms with Gasteiger partial charge in [-0.05, 0) is 43.4 Å². The predicted octanol–water partition coefficient (Wildman–Crippen LogP) is 3.09. The van der Waals surface area contributed by atoms with E-state index < -0.39 is 29.0 Å². The van der Waals surface area contributed by atoms with Gasteiger partial charge in [0.15, 0.2) is 6.10 Å². The Hall–Kier alpha value is -2.84. The van der Waals surface area contributed by atoms with Crippen molar-refractivity contribution in [2.24, 2.45) is 5.92 Å². The van der Waals surface area contributed by atoms with Gasteiger partial charge in [0.1, 0.15) is 10.9 Å². The van der Waals surface area contributed by atoms with Crippen LogP contribution in [-0.2, 0) is 27.3 Å². The molecule has 2 aromatic carbocycles. The second kappa shape index (κ2) is 10.6. The van der Waals surface area contributed by atoms with Crippen LogP contribution in [-0.4, -0.2) is 61.6 Å². The molecule has 2 N–H and O–H groups in total. The Labute approximate surface area is 217 Å². The minimum Gasteiger partial charge on any atom is -0.381 e. The maximum atomic E-state index is 13.5. The largest absolute Gasteiger partial charge is 0.381 e. The lowest BCUT2D eigenvalue weighted by molar-refractivity contribution is -0.168. The number of carbonyl (C=O) groups excluding carboxylic acids is 3. The average molecular weight is 510 g/mol. The summed E-state index contributed by atoms with van der Waals surface area (Å²) in [6.07, 6.45) is -0.492. The smallest absolute Gasteiger partial charge is 0.255 e. The monoisotopic (exact) mass is 509 g/mol. The van der Waals surface area contributed by atoms with E-state index in [9.17, 15) is 19.5 Å². The van der Waals surface area contributed by atoms with Crippen molar-refractivity contribution in [2.45, 2.75) is 70.1 Å². The molecule has 2 saturated heterocycles. The number of amides is 3. The summed E-state index contributed by atoms with van der Waals surface area (Å²) in [4.78, 5) is 42.2. The van der Waals surface area contributed by atoms with Crippen molar-refractivity contribution in [1.29, 1.82) is 0 Å². The van der Waals surface area contributed by atoms with Crippen LogP contribution in [0.2, 0.25) is 0 Å². The van der Waals surface area contributed by atoms with Crippen LogP contribution in [0.1, 0.15) is 43.9 Å². The number of thioether (sulfide) groups is 1. The molecule has 5 atom stereocenters. The van der Waals surface area contributed by atoms with E-state index in [1.165, 1.54) is 16.7 Å². The molecular formula is C28H35N3O4S. The third-order valence-electron chi connectivity index (χ3n) is 7.54. The highest BCUT2D eigenvalue weighted by molar-refractivity contribution is 8.01. The molecule has 4 rings (SSSR count). The van der Waals surface area contributed by atoms with E-state index in [1.54, 1.807) is 0 Å². The number of β-lactam (4-membered cyclic amide) rings is 1. The molecule has 7 nitrogen and oxygen atoms in total. The summed E-state index contributed by atoms with van der Waals surface area (Å²) in [6, 6.07) is 16.0. The van der Waals surface area contributed by atoms with Gasteiger partial charge >= 0.3 is 0 Å². The van der Waals surface area contributed by atoms with Gasteiger partial charge in [-0.2, -0.15) is 0 Å². The lowest BCUT2D eigenvalue weighted by Gasteiger charge is -2.53. The van der Waals surface area contributed by atoms with Crippen LogP contribution in [0.5, 0.6) is 0 Å². The number of aliphatic hydroxyl groups excluding tert-OH is 1. The summed E-state index contributed by atoms with van der Waals surface area (Å²) in [5.74, 6) is -0.765. The highest BCUT2D eigenvalue weighted by atomic mass is 32.2. The Morgan fingerprint density at radius 2 is 1.83 bits per heavy atom. The topological polar surface area (TPSA) is 90.0 Å². The molecule has 2 aliphatic rings. The van der Waals surface area contributed by atoms with E-state index >= 15 is 0 Å². The SMILES string of the molecule is CCC(C)C(=O)N[C@@H](Cc1ccccc1)[C@H](O)C(=O)N1CSC2(C)[C@H]1C(=O)N2Cc1ccccc1C. The van der Waals surface area contributed by atoms with Crippen molar-refractivity contribution < 1.29 is 19.5 Å². The number of nitrogens with one attached hydrogen (secondary N) is 1. The van der Waals surface area contributed by atoms with E-state index in [0.717, 1.165) is 16.7 Å². The molecule has 2 aliphatic heterocycles. The number of aryl methyl sites for hydroxylation is 1. The summed E-state index contributed by atoms with van der Waals surface area (Å²) in [5.41, 5.74) is 3.10. The lowest BCUT2D eigenvalue weighted by Crippen LogP contribution is -2.73. The number of benzene rings is 2. The van der Waals surface area contributed by atoms with Crippen molar-refractivity contribution in [3.05, 3.63) is 71.3 Å². The maximum absolute atomic E-state index is 13.5. The minimum atomic E-state index is -1.46. The Morgan fingerprint density at radius 3 is 2.50 bits per heavy atom. The van der Waals surface area contributed by atoms with Gasteiger partial charge in [0, 0.05) is 12.5 Å². The van der Waals surface area contributed by atoms with E-state index in [4.69, 9.17) is 0 Å². The van der Waals surface area contributed by atoms with Crippen LogP contribution in [0.15, 0.2) is 54.6 Å². The normalized spacial score (nSPS) is 23.5. The number of aliphatic hydroxyl groups is 1. The number of fused-ring (bicyclic) bond motifs is 1. The lowest BCUT2D eigenvalue weighted by atomic mass is 9.91. The highest BCUT2D eigenvalue weighted by Crippen LogP contribution is 2.51. The summed E-state index contributed by atoms with van der Waals surface area (Å²) in [6.45, 7) is 8.23. The van der Waals surface area contributed by atoms with Gasteiger partial charge in [0.25, 0.3) is 5.91 Å². The molecule has 2 heterocycles. The fourth-order valence-electron chi connectivity index (χ4n) is 4.88. The third kappa shape index (κ3) is 4.89. The zero-order valence-corrected chi connectivity index (χ0v) is 22.1. The number of hydrogen-bond acceptors (Lipinski definition) is 5. The van der Waals surface area contributed by atoms with Crippen LogP contribution < -0.4 is 5.32 Å². The molecule has 36 heavy (non-hydrogen) atoms. The van der Waals surface area contributed by atoms with Crippen molar-refractivity contribution in [1.82, 2.24) is 15.1 Å². The molecule has 2 aromatic rings. The molecule has 0 bridgehead atoms. The van der Waals surface area contributed by atoms with Crippen molar-refractivity contribution in [3.8, 4) is 0 Å². The van der Waals surface area contributed by atoms with Crippen LogP contribution in [0.3, 0.4) is 0 Å². The number of carbonyl (C=O) groups is 3. The Morgan fingerprint density at radius 1 is 1.17 bits per heavy atom. The first-order chi connectivity index (χ1) is 17.2. The zero-order valence-electron chi connectivity index (χ0n) is 21.3. The molecule has 0 radical (unpaired) electrons. The maximum Gasteiger partial charge on any atom is 0.255 e. The molecule has 2 fully saturated rings. The molecule has 0 saturated carbocycles.